The maximum absolute atomic E-state index is 14.2. The van der Waals surface area contributed by atoms with Crippen molar-refractivity contribution in [1.82, 2.24) is 29.5 Å². The van der Waals surface area contributed by atoms with E-state index in [0.29, 0.717) is 37.4 Å². The molecular formula is C25H24ClFN6O2. The van der Waals surface area contributed by atoms with E-state index < -0.39 is 11.4 Å². The molecule has 2 amide bonds. The summed E-state index contributed by atoms with van der Waals surface area (Å²) in [7, 11) is 0. The minimum atomic E-state index is -0.986. The van der Waals surface area contributed by atoms with Gasteiger partial charge in [0.25, 0.3) is 5.91 Å². The van der Waals surface area contributed by atoms with Crippen LogP contribution in [0.25, 0.3) is 22.2 Å². The van der Waals surface area contributed by atoms with Crippen molar-refractivity contribution >= 4 is 34.4 Å². The summed E-state index contributed by atoms with van der Waals surface area (Å²) in [6.45, 7) is 5.35. The maximum atomic E-state index is 14.2. The van der Waals surface area contributed by atoms with Gasteiger partial charge < -0.3 is 14.8 Å². The molecule has 1 fully saturated rings. The van der Waals surface area contributed by atoms with Crippen LogP contribution in [0, 0.1) is 5.82 Å². The van der Waals surface area contributed by atoms with Gasteiger partial charge in [0.2, 0.25) is 5.91 Å². The lowest BCUT2D eigenvalue weighted by atomic mass is 9.98. The van der Waals surface area contributed by atoms with Crippen LogP contribution in [0.3, 0.4) is 0 Å². The Morgan fingerprint density at radius 3 is 2.80 bits per heavy atom. The summed E-state index contributed by atoms with van der Waals surface area (Å²) in [6.07, 6.45) is 5.48. The Labute approximate surface area is 206 Å². The molecule has 1 aromatic carbocycles. The molecule has 1 aliphatic heterocycles. The number of pyridine rings is 1. The minimum absolute atomic E-state index is 0.0513. The number of piperazine rings is 1. The van der Waals surface area contributed by atoms with Gasteiger partial charge in [0.15, 0.2) is 0 Å². The number of halogens is 2. The summed E-state index contributed by atoms with van der Waals surface area (Å²) in [5.41, 5.74) is 1.28. The van der Waals surface area contributed by atoms with E-state index >= 15 is 0 Å². The normalized spacial score (nSPS) is 15.4. The first-order valence-electron chi connectivity index (χ1n) is 11.3. The van der Waals surface area contributed by atoms with E-state index in [0.717, 1.165) is 10.9 Å². The number of fused-ring (bicyclic) bond motifs is 1. The third-order valence-corrected chi connectivity index (χ3v) is 6.70. The fraction of sp³-hybridized carbons (Fsp3) is 0.280. The molecule has 1 saturated heterocycles. The highest BCUT2D eigenvalue weighted by molar-refractivity contribution is 6.30. The molecule has 4 heterocycles. The zero-order chi connectivity index (χ0) is 24.7. The van der Waals surface area contributed by atoms with E-state index in [1.165, 1.54) is 12.1 Å². The summed E-state index contributed by atoms with van der Waals surface area (Å²) in [4.78, 5) is 32.0. The first-order valence-corrected chi connectivity index (χ1v) is 11.7. The largest absolute Gasteiger partial charge is 0.352 e. The smallest absolute Gasteiger partial charge is 0.273 e. The third-order valence-electron chi connectivity index (χ3n) is 6.40. The molecule has 10 heteroatoms. The number of aryl methyl sites for hydroxylation is 2. The summed E-state index contributed by atoms with van der Waals surface area (Å²) in [6, 6.07) is 9.99. The molecular weight excluding hydrogens is 471 g/mol. The van der Waals surface area contributed by atoms with Crippen molar-refractivity contribution in [3.05, 3.63) is 71.5 Å². The van der Waals surface area contributed by atoms with Crippen molar-refractivity contribution in [2.24, 2.45) is 0 Å². The average Bonchev–Trinajstić information content (AvgIpc) is 3.48. The van der Waals surface area contributed by atoms with Crippen molar-refractivity contribution < 1.29 is 14.0 Å². The van der Waals surface area contributed by atoms with Crippen LogP contribution >= 0.6 is 11.6 Å². The number of hydrogen-bond acceptors (Lipinski definition) is 4. The molecule has 5 rings (SSSR count). The van der Waals surface area contributed by atoms with Crippen molar-refractivity contribution in [1.29, 1.82) is 0 Å². The predicted molar refractivity (Wildman–Crippen MR) is 130 cm³/mol. The van der Waals surface area contributed by atoms with Gasteiger partial charge in [-0.25, -0.2) is 9.37 Å². The van der Waals surface area contributed by atoms with Gasteiger partial charge in [-0.15, -0.1) is 0 Å². The van der Waals surface area contributed by atoms with E-state index in [4.69, 9.17) is 16.6 Å². The predicted octanol–water partition coefficient (Wildman–Crippen LogP) is 3.74. The number of rotatable bonds is 5. The first kappa shape index (κ1) is 23.0. The van der Waals surface area contributed by atoms with Gasteiger partial charge in [-0.2, -0.15) is 5.10 Å². The molecule has 0 aliphatic carbocycles. The minimum Gasteiger partial charge on any atom is -0.352 e. The highest BCUT2D eigenvalue weighted by Gasteiger charge is 2.41. The monoisotopic (exact) mass is 494 g/mol. The zero-order valence-electron chi connectivity index (χ0n) is 19.3. The standard InChI is InChI=1S/C25H24ClFN6O2/c1-25(2)24(35)28-9-11-33(25)23(34)21-7-5-17-18(16-4-6-19(26)20(27)14-16)15-31(22(17)30-21)12-13-32-10-3-8-29-32/h3-8,10,14-15H,9,11-13H2,1-2H3,(H,28,35). The molecule has 0 bridgehead atoms. The number of carbonyl (C=O) groups excluding carboxylic acids is 2. The van der Waals surface area contributed by atoms with Crippen LogP contribution in [0.5, 0.6) is 0 Å². The van der Waals surface area contributed by atoms with Crippen LogP contribution in [0.4, 0.5) is 4.39 Å². The molecule has 180 valence electrons. The zero-order valence-corrected chi connectivity index (χ0v) is 20.1. The summed E-state index contributed by atoms with van der Waals surface area (Å²) >= 11 is 5.89. The average molecular weight is 495 g/mol. The Bertz CT molecular complexity index is 1430. The summed E-state index contributed by atoms with van der Waals surface area (Å²) in [5.74, 6) is -1.02. The molecule has 0 spiro atoms. The van der Waals surface area contributed by atoms with E-state index in [2.05, 4.69) is 10.4 Å². The van der Waals surface area contributed by atoms with Crippen molar-refractivity contribution in [2.45, 2.75) is 32.5 Å². The number of aromatic nitrogens is 4. The lowest BCUT2D eigenvalue weighted by Gasteiger charge is -2.40. The van der Waals surface area contributed by atoms with Crippen molar-refractivity contribution in [3.8, 4) is 11.1 Å². The van der Waals surface area contributed by atoms with Gasteiger partial charge >= 0.3 is 0 Å². The first-order chi connectivity index (χ1) is 16.8. The molecule has 0 saturated carbocycles. The molecule has 0 radical (unpaired) electrons. The SMILES string of the molecule is CC1(C)C(=O)NCCN1C(=O)c1ccc2c(-c3ccc(Cl)c(F)c3)cn(CCn3cccn3)c2n1. The Morgan fingerprint density at radius 2 is 2.06 bits per heavy atom. The van der Waals surface area contributed by atoms with Gasteiger partial charge in [0.05, 0.1) is 11.6 Å². The van der Waals surface area contributed by atoms with Crippen LogP contribution in [0.2, 0.25) is 5.02 Å². The van der Waals surface area contributed by atoms with E-state index in [1.54, 1.807) is 41.8 Å². The van der Waals surface area contributed by atoms with Crippen LogP contribution in [-0.2, 0) is 17.9 Å². The Morgan fingerprint density at radius 1 is 1.23 bits per heavy atom. The van der Waals surface area contributed by atoms with E-state index in [-0.39, 0.29) is 22.5 Å². The molecule has 0 unspecified atom stereocenters. The third kappa shape index (κ3) is 4.16. The number of amides is 2. The second-order valence-corrected chi connectivity index (χ2v) is 9.38. The number of nitrogens with one attached hydrogen (secondary N) is 1. The maximum Gasteiger partial charge on any atom is 0.273 e. The molecule has 8 nitrogen and oxygen atoms in total. The number of hydrogen-bond donors (Lipinski definition) is 1. The summed E-state index contributed by atoms with van der Waals surface area (Å²) < 4.78 is 18.0. The van der Waals surface area contributed by atoms with Gasteiger partial charge in [0.1, 0.15) is 22.7 Å². The van der Waals surface area contributed by atoms with Gasteiger partial charge in [-0.3, -0.25) is 14.3 Å². The van der Waals surface area contributed by atoms with Crippen LogP contribution < -0.4 is 5.32 Å². The highest BCUT2D eigenvalue weighted by atomic mass is 35.5. The molecule has 1 N–H and O–H groups in total. The molecule has 1 aliphatic rings. The van der Waals surface area contributed by atoms with E-state index in [1.807, 2.05) is 29.1 Å². The Balaban J connectivity index is 1.58. The van der Waals surface area contributed by atoms with Gasteiger partial charge in [0, 0.05) is 49.2 Å². The summed E-state index contributed by atoms with van der Waals surface area (Å²) in [5, 5.41) is 7.88. The van der Waals surface area contributed by atoms with Gasteiger partial charge in [-0.05, 0) is 49.7 Å². The quantitative estimate of drug-likeness (QED) is 0.458. The second kappa shape index (κ2) is 8.81. The molecule has 4 aromatic rings. The topological polar surface area (TPSA) is 85.0 Å². The van der Waals surface area contributed by atoms with Gasteiger partial charge in [-0.1, -0.05) is 17.7 Å². The number of carbonyl (C=O) groups is 2. The van der Waals surface area contributed by atoms with Crippen LogP contribution in [0.1, 0.15) is 24.3 Å². The Kier molecular flexibility index (Phi) is 5.80. The van der Waals surface area contributed by atoms with Crippen LogP contribution in [0.15, 0.2) is 55.0 Å². The van der Waals surface area contributed by atoms with Crippen LogP contribution in [-0.4, -0.2) is 54.7 Å². The highest BCUT2D eigenvalue weighted by Crippen LogP contribution is 2.32. The molecule has 3 aromatic heterocycles. The van der Waals surface area contributed by atoms with Crippen molar-refractivity contribution in [3.63, 3.8) is 0 Å². The lowest BCUT2D eigenvalue weighted by molar-refractivity contribution is -0.133. The Hall–Kier alpha value is -3.72. The van der Waals surface area contributed by atoms with Crippen molar-refractivity contribution in [2.75, 3.05) is 13.1 Å². The number of nitrogens with zero attached hydrogens (tertiary/aromatic N) is 5. The molecule has 35 heavy (non-hydrogen) atoms. The lowest BCUT2D eigenvalue weighted by Crippen LogP contribution is -2.63. The second-order valence-electron chi connectivity index (χ2n) is 8.97. The van der Waals surface area contributed by atoms with E-state index in [9.17, 15) is 14.0 Å². The fourth-order valence-electron chi connectivity index (χ4n) is 4.38. The molecule has 0 atom stereocenters. The number of benzene rings is 1. The fourth-order valence-corrected chi connectivity index (χ4v) is 4.50.